The van der Waals surface area contributed by atoms with Gasteiger partial charge in [0.05, 0.1) is 6.21 Å². The van der Waals surface area contributed by atoms with Crippen molar-refractivity contribution in [2.24, 2.45) is 5.10 Å². The predicted molar refractivity (Wildman–Crippen MR) is 107 cm³/mol. The first-order valence-electron chi connectivity index (χ1n) is 8.84. The fourth-order valence-corrected chi connectivity index (χ4v) is 3.08. The third kappa shape index (κ3) is 3.40. The van der Waals surface area contributed by atoms with Crippen molar-refractivity contribution in [2.45, 2.75) is 13.3 Å². The summed E-state index contributed by atoms with van der Waals surface area (Å²) in [6.45, 7) is 2.02. The molecule has 0 saturated heterocycles. The zero-order valence-electron chi connectivity index (χ0n) is 14.9. The van der Waals surface area contributed by atoms with Crippen LogP contribution in [0.1, 0.15) is 28.9 Å². The van der Waals surface area contributed by atoms with Gasteiger partial charge in [0.25, 0.3) is 5.91 Å². The molecule has 134 valence electrons. The van der Waals surface area contributed by atoms with Crippen molar-refractivity contribution in [3.63, 3.8) is 0 Å². The quantitative estimate of drug-likeness (QED) is 0.399. The first kappa shape index (κ1) is 16.8. The molecule has 0 atom stereocenters. The number of benzene rings is 2. The fourth-order valence-electron chi connectivity index (χ4n) is 3.08. The second-order valence-corrected chi connectivity index (χ2v) is 6.14. The standard InChI is InChI=1S/C22H19N3O2/c1-2-16-12-13-17(27-16)14-23-25-22(26)21-20(15-8-4-3-5-9-15)18-10-6-7-11-19(18)24-21/h3-14,24H,2H2,1H3,(H,25,26)/b23-14+. The van der Waals surface area contributed by atoms with Crippen LogP contribution in [0.2, 0.25) is 0 Å². The number of H-pyrrole nitrogens is 1. The summed E-state index contributed by atoms with van der Waals surface area (Å²) in [6, 6.07) is 21.4. The third-order valence-corrected chi connectivity index (χ3v) is 4.38. The summed E-state index contributed by atoms with van der Waals surface area (Å²) < 4.78 is 5.55. The summed E-state index contributed by atoms with van der Waals surface area (Å²) in [5.41, 5.74) is 5.81. The van der Waals surface area contributed by atoms with Crippen LogP contribution in [-0.2, 0) is 6.42 Å². The maximum Gasteiger partial charge on any atom is 0.288 e. The van der Waals surface area contributed by atoms with Gasteiger partial charge < -0.3 is 9.40 Å². The van der Waals surface area contributed by atoms with Crippen LogP contribution in [0, 0.1) is 0 Å². The molecule has 0 unspecified atom stereocenters. The van der Waals surface area contributed by atoms with Crippen LogP contribution in [-0.4, -0.2) is 17.1 Å². The Kier molecular flexibility index (Phi) is 4.58. The van der Waals surface area contributed by atoms with E-state index in [1.165, 1.54) is 6.21 Å². The summed E-state index contributed by atoms with van der Waals surface area (Å²) >= 11 is 0. The van der Waals surface area contributed by atoms with Crippen molar-refractivity contribution < 1.29 is 9.21 Å². The molecule has 5 heteroatoms. The summed E-state index contributed by atoms with van der Waals surface area (Å²) in [5, 5.41) is 5.03. The molecule has 0 aliphatic heterocycles. The summed E-state index contributed by atoms with van der Waals surface area (Å²) in [6.07, 6.45) is 2.32. The molecule has 2 heterocycles. The van der Waals surface area contributed by atoms with Gasteiger partial charge >= 0.3 is 0 Å². The second kappa shape index (κ2) is 7.33. The molecule has 2 aromatic carbocycles. The van der Waals surface area contributed by atoms with Crippen molar-refractivity contribution in [3.8, 4) is 11.1 Å². The number of hydrogen-bond acceptors (Lipinski definition) is 3. The molecular weight excluding hydrogens is 338 g/mol. The van der Waals surface area contributed by atoms with Crippen LogP contribution >= 0.6 is 0 Å². The number of aromatic amines is 1. The number of para-hydroxylation sites is 1. The molecule has 4 aromatic rings. The highest BCUT2D eigenvalue weighted by Crippen LogP contribution is 2.32. The van der Waals surface area contributed by atoms with Gasteiger partial charge in [0.1, 0.15) is 17.2 Å². The van der Waals surface area contributed by atoms with E-state index in [1.54, 1.807) is 0 Å². The first-order valence-corrected chi connectivity index (χ1v) is 8.84. The maximum absolute atomic E-state index is 12.8. The zero-order chi connectivity index (χ0) is 18.6. The lowest BCUT2D eigenvalue weighted by molar-refractivity contribution is 0.0951. The predicted octanol–water partition coefficient (Wildman–Crippen LogP) is 4.75. The molecule has 2 aromatic heterocycles. The number of amides is 1. The number of furan rings is 1. The molecule has 27 heavy (non-hydrogen) atoms. The lowest BCUT2D eigenvalue weighted by Crippen LogP contribution is -2.18. The minimum absolute atomic E-state index is 0.302. The number of nitrogens with zero attached hydrogens (tertiary/aromatic N) is 1. The van der Waals surface area contributed by atoms with Gasteiger partial charge in [0.2, 0.25) is 0 Å². The van der Waals surface area contributed by atoms with E-state index in [4.69, 9.17) is 4.42 Å². The summed E-state index contributed by atoms with van der Waals surface area (Å²) in [4.78, 5) is 16.0. The van der Waals surface area contributed by atoms with Crippen LogP contribution < -0.4 is 5.43 Å². The van der Waals surface area contributed by atoms with Gasteiger partial charge in [0.15, 0.2) is 0 Å². The monoisotopic (exact) mass is 357 g/mol. The number of aromatic nitrogens is 1. The Balaban J connectivity index is 1.65. The number of carbonyl (C=O) groups excluding carboxylic acids is 1. The second-order valence-electron chi connectivity index (χ2n) is 6.14. The van der Waals surface area contributed by atoms with Gasteiger partial charge in [-0.15, -0.1) is 0 Å². The Hall–Kier alpha value is -3.60. The van der Waals surface area contributed by atoms with E-state index in [1.807, 2.05) is 73.7 Å². The van der Waals surface area contributed by atoms with E-state index in [2.05, 4.69) is 15.5 Å². The molecule has 1 amide bonds. The largest absolute Gasteiger partial charge is 0.460 e. The number of carbonyl (C=O) groups is 1. The molecular formula is C22H19N3O2. The highest BCUT2D eigenvalue weighted by Gasteiger charge is 2.18. The van der Waals surface area contributed by atoms with E-state index in [-0.39, 0.29) is 5.91 Å². The lowest BCUT2D eigenvalue weighted by atomic mass is 10.0. The van der Waals surface area contributed by atoms with E-state index in [0.29, 0.717) is 11.5 Å². The Morgan fingerprint density at radius 1 is 1.07 bits per heavy atom. The van der Waals surface area contributed by atoms with Crippen LogP contribution in [0.3, 0.4) is 0 Å². The normalized spacial score (nSPS) is 11.3. The van der Waals surface area contributed by atoms with Crippen LogP contribution in [0.4, 0.5) is 0 Å². The Morgan fingerprint density at radius 3 is 2.63 bits per heavy atom. The molecule has 0 bridgehead atoms. The van der Waals surface area contributed by atoms with Crippen molar-refractivity contribution >= 4 is 23.0 Å². The van der Waals surface area contributed by atoms with E-state index < -0.39 is 0 Å². The number of fused-ring (bicyclic) bond motifs is 1. The van der Waals surface area contributed by atoms with Crippen LogP contribution in [0.15, 0.2) is 76.2 Å². The van der Waals surface area contributed by atoms with Crippen molar-refractivity contribution in [1.82, 2.24) is 10.4 Å². The smallest absolute Gasteiger partial charge is 0.288 e. The molecule has 0 saturated carbocycles. The molecule has 0 radical (unpaired) electrons. The molecule has 0 spiro atoms. The van der Waals surface area contributed by atoms with Crippen molar-refractivity contribution in [1.29, 1.82) is 0 Å². The Morgan fingerprint density at radius 2 is 1.85 bits per heavy atom. The third-order valence-electron chi connectivity index (χ3n) is 4.38. The molecule has 0 aliphatic rings. The summed E-state index contributed by atoms with van der Waals surface area (Å²) in [5.74, 6) is 1.18. The van der Waals surface area contributed by atoms with Crippen LogP contribution in [0.5, 0.6) is 0 Å². The molecule has 4 rings (SSSR count). The van der Waals surface area contributed by atoms with E-state index >= 15 is 0 Å². The van der Waals surface area contributed by atoms with E-state index in [0.717, 1.165) is 34.2 Å². The highest BCUT2D eigenvalue weighted by molar-refractivity contribution is 6.09. The number of hydrazone groups is 1. The molecule has 2 N–H and O–H groups in total. The number of nitrogens with one attached hydrogen (secondary N) is 2. The Bertz CT molecular complexity index is 1110. The van der Waals surface area contributed by atoms with Gasteiger partial charge in [-0.25, -0.2) is 5.43 Å². The minimum atomic E-state index is -0.302. The van der Waals surface area contributed by atoms with E-state index in [9.17, 15) is 4.79 Å². The van der Waals surface area contributed by atoms with Gasteiger partial charge in [0, 0.05) is 22.9 Å². The van der Waals surface area contributed by atoms with Crippen LogP contribution in [0.25, 0.3) is 22.0 Å². The van der Waals surface area contributed by atoms with Gasteiger partial charge in [-0.3, -0.25) is 4.79 Å². The topological polar surface area (TPSA) is 70.4 Å². The average molecular weight is 357 g/mol. The van der Waals surface area contributed by atoms with Crippen molar-refractivity contribution in [3.05, 3.63) is 83.9 Å². The number of aryl methyl sites for hydroxylation is 1. The SMILES string of the molecule is CCc1ccc(/C=N/NC(=O)c2[nH]c3ccccc3c2-c2ccccc2)o1. The molecule has 0 aliphatic carbocycles. The first-order chi connectivity index (χ1) is 13.3. The highest BCUT2D eigenvalue weighted by atomic mass is 16.3. The van der Waals surface area contributed by atoms with Crippen molar-refractivity contribution in [2.75, 3.05) is 0 Å². The molecule has 5 nitrogen and oxygen atoms in total. The van der Waals surface area contributed by atoms with Gasteiger partial charge in [-0.2, -0.15) is 5.10 Å². The average Bonchev–Trinajstić information content (AvgIpc) is 3.33. The summed E-state index contributed by atoms with van der Waals surface area (Å²) in [7, 11) is 0. The minimum Gasteiger partial charge on any atom is -0.460 e. The lowest BCUT2D eigenvalue weighted by Gasteiger charge is -2.04. The number of rotatable bonds is 5. The maximum atomic E-state index is 12.8. The van der Waals surface area contributed by atoms with Gasteiger partial charge in [-0.1, -0.05) is 55.5 Å². The number of hydrogen-bond donors (Lipinski definition) is 2. The fraction of sp³-hybridized carbons (Fsp3) is 0.0909. The molecule has 0 fully saturated rings. The zero-order valence-corrected chi connectivity index (χ0v) is 14.9. The van der Waals surface area contributed by atoms with Gasteiger partial charge in [-0.05, 0) is 23.8 Å². The Labute approximate surface area is 156 Å².